The van der Waals surface area contributed by atoms with Gasteiger partial charge in [-0.3, -0.25) is 0 Å². The molecule has 4 heteroatoms. The van der Waals surface area contributed by atoms with Gasteiger partial charge in [0.15, 0.2) is 0 Å². The number of rotatable bonds is 1. The smallest absolute Gasteiger partial charge is 0.336 e. The van der Waals surface area contributed by atoms with Crippen LogP contribution < -0.4 is 4.74 Å². The number of carbonyl (C=O) groups is 1. The minimum absolute atomic E-state index is 0.306. The average molecular weight is 241 g/mol. The van der Waals surface area contributed by atoms with Gasteiger partial charge in [0, 0.05) is 17.3 Å². The second-order valence-electron chi connectivity index (χ2n) is 4.16. The maximum absolute atomic E-state index is 11.2. The molecule has 0 amide bonds. The Hall–Kier alpha value is -2.36. The van der Waals surface area contributed by atoms with E-state index in [0.29, 0.717) is 23.6 Å². The van der Waals surface area contributed by atoms with Crippen LogP contribution in [0.15, 0.2) is 36.5 Å². The lowest BCUT2D eigenvalue weighted by Gasteiger charge is -2.09. The SMILES string of the molecule is O=C(O)c1cccc2c1CCc1cccnc1O2. The number of benzene rings is 1. The van der Waals surface area contributed by atoms with Crippen LogP contribution in [0.3, 0.4) is 0 Å². The monoisotopic (exact) mass is 241 g/mol. The molecule has 0 aliphatic carbocycles. The maximum Gasteiger partial charge on any atom is 0.336 e. The molecule has 1 aromatic heterocycles. The number of nitrogens with zero attached hydrogens (tertiary/aromatic N) is 1. The zero-order valence-electron chi connectivity index (χ0n) is 9.59. The maximum atomic E-state index is 11.2. The van der Waals surface area contributed by atoms with Gasteiger partial charge >= 0.3 is 5.97 Å². The van der Waals surface area contributed by atoms with Crippen LogP contribution in [0.4, 0.5) is 0 Å². The molecule has 0 unspecified atom stereocenters. The molecular formula is C14H11NO3. The van der Waals surface area contributed by atoms with Crippen LogP contribution in [0.2, 0.25) is 0 Å². The summed E-state index contributed by atoms with van der Waals surface area (Å²) in [6, 6.07) is 8.89. The Morgan fingerprint density at radius 2 is 2.11 bits per heavy atom. The minimum Gasteiger partial charge on any atom is -0.478 e. The zero-order valence-corrected chi connectivity index (χ0v) is 9.59. The highest BCUT2D eigenvalue weighted by molar-refractivity contribution is 5.90. The van der Waals surface area contributed by atoms with Gasteiger partial charge in [0.1, 0.15) is 5.75 Å². The zero-order chi connectivity index (χ0) is 12.5. The van der Waals surface area contributed by atoms with Crippen molar-refractivity contribution in [2.24, 2.45) is 0 Å². The molecule has 4 nitrogen and oxygen atoms in total. The molecule has 0 fully saturated rings. The molecule has 2 aromatic rings. The van der Waals surface area contributed by atoms with Gasteiger partial charge in [0.05, 0.1) is 5.56 Å². The Kier molecular flexibility index (Phi) is 2.48. The van der Waals surface area contributed by atoms with E-state index in [9.17, 15) is 9.90 Å². The first kappa shape index (κ1) is 10.8. The first-order chi connectivity index (χ1) is 8.75. The van der Waals surface area contributed by atoms with Gasteiger partial charge in [-0.15, -0.1) is 0 Å². The average Bonchev–Trinajstić information content (AvgIpc) is 2.56. The Labute approximate surface area is 104 Å². The number of fused-ring (bicyclic) bond motifs is 2. The molecule has 0 saturated carbocycles. The van der Waals surface area contributed by atoms with Crippen molar-refractivity contribution in [3.8, 4) is 11.6 Å². The van der Waals surface area contributed by atoms with E-state index in [2.05, 4.69) is 4.98 Å². The fourth-order valence-corrected chi connectivity index (χ4v) is 2.19. The quantitative estimate of drug-likeness (QED) is 0.833. The molecule has 0 spiro atoms. The molecule has 3 rings (SSSR count). The molecule has 2 heterocycles. The number of hydrogen-bond donors (Lipinski definition) is 1. The highest BCUT2D eigenvalue weighted by Crippen LogP contribution is 2.33. The van der Waals surface area contributed by atoms with Crippen LogP contribution >= 0.6 is 0 Å². The van der Waals surface area contributed by atoms with E-state index in [1.165, 1.54) is 0 Å². The van der Waals surface area contributed by atoms with Gasteiger partial charge in [-0.1, -0.05) is 12.1 Å². The minimum atomic E-state index is -0.922. The number of pyridine rings is 1. The summed E-state index contributed by atoms with van der Waals surface area (Å²) >= 11 is 0. The van der Waals surface area contributed by atoms with Crippen molar-refractivity contribution in [2.75, 3.05) is 0 Å². The van der Waals surface area contributed by atoms with Crippen molar-refractivity contribution in [1.82, 2.24) is 4.98 Å². The Morgan fingerprint density at radius 3 is 2.94 bits per heavy atom. The number of carboxylic acids is 1. The predicted molar refractivity (Wildman–Crippen MR) is 65.1 cm³/mol. The highest BCUT2D eigenvalue weighted by atomic mass is 16.5. The number of hydrogen-bond acceptors (Lipinski definition) is 3. The molecule has 1 aromatic carbocycles. The molecular weight excluding hydrogens is 230 g/mol. The molecule has 0 bridgehead atoms. The third kappa shape index (κ3) is 1.72. The van der Waals surface area contributed by atoms with Crippen LogP contribution in [0.25, 0.3) is 0 Å². The summed E-state index contributed by atoms with van der Waals surface area (Å²) < 4.78 is 5.72. The summed E-state index contributed by atoms with van der Waals surface area (Å²) in [4.78, 5) is 15.4. The lowest BCUT2D eigenvalue weighted by molar-refractivity contribution is 0.0695. The highest BCUT2D eigenvalue weighted by Gasteiger charge is 2.20. The van der Waals surface area contributed by atoms with Crippen molar-refractivity contribution in [3.05, 3.63) is 53.2 Å². The molecule has 0 saturated heterocycles. The summed E-state index contributed by atoms with van der Waals surface area (Å²) in [5, 5.41) is 9.18. The number of ether oxygens (including phenoxy) is 1. The molecule has 1 N–H and O–H groups in total. The fraction of sp³-hybridized carbons (Fsp3) is 0.143. The van der Waals surface area contributed by atoms with Crippen molar-refractivity contribution in [2.45, 2.75) is 12.8 Å². The molecule has 0 radical (unpaired) electrons. The van der Waals surface area contributed by atoms with E-state index in [1.54, 1.807) is 24.4 Å². The van der Waals surface area contributed by atoms with Crippen LogP contribution in [0, 0.1) is 0 Å². The van der Waals surface area contributed by atoms with E-state index in [0.717, 1.165) is 17.5 Å². The predicted octanol–water partition coefficient (Wildman–Crippen LogP) is 2.67. The third-order valence-corrected chi connectivity index (χ3v) is 3.06. The second-order valence-corrected chi connectivity index (χ2v) is 4.16. The largest absolute Gasteiger partial charge is 0.478 e. The summed E-state index contributed by atoms with van der Waals surface area (Å²) in [5.41, 5.74) is 2.05. The van der Waals surface area contributed by atoms with Gasteiger partial charge in [-0.2, -0.15) is 0 Å². The van der Waals surface area contributed by atoms with Gasteiger partial charge in [-0.05, 0) is 31.0 Å². The van der Waals surface area contributed by atoms with Crippen LogP contribution in [-0.2, 0) is 12.8 Å². The Morgan fingerprint density at radius 1 is 1.22 bits per heavy atom. The Bertz CT molecular complexity index is 622. The summed E-state index contributed by atoms with van der Waals surface area (Å²) in [5.74, 6) is 0.237. The van der Waals surface area contributed by atoms with Crippen molar-refractivity contribution in [1.29, 1.82) is 0 Å². The van der Waals surface area contributed by atoms with Crippen molar-refractivity contribution >= 4 is 5.97 Å². The lowest BCUT2D eigenvalue weighted by Crippen LogP contribution is -2.03. The van der Waals surface area contributed by atoms with Gasteiger partial charge < -0.3 is 9.84 Å². The van der Waals surface area contributed by atoms with E-state index in [4.69, 9.17) is 4.74 Å². The molecule has 18 heavy (non-hydrogen) atoms. The topological polar surface area (TPSA) is 59.4 Å². The molecule has 1 aliphatic heterocycles. The van der Waals surface area contributed by atoms with Gasteiger partial charge in [-0.25, -0.2) is 9.78 Å². The van der Waals surface area contributed by atoms with Gasteiger partial charge in [0.2, 0.25) is 5.88 Å². The Balaban J connectivity index is 2.12. The van der Waals surface area contributed by atoms with E-state index in [1.807, 2.05) is 12.1 Å². The van der Waals surface area contributed by atoms with E-state index >= 15 is 0 Å². The lowest BCUT2D eigenvalue weighted by atomic mass is 10.0. The number of aromatic carboxylic acids is 1. The third-order valence-electron chi connectivity index (χ3n) is 3.06. The van der Waals surface area contributed by atoms with Crippen molar-refractivity contribution in [3.63, 3.8) is 0 Å². The first-order valence-electron chi connectivity index (χ1n) is 5.72. The van der Waals surface area contributed by atoms with Gasteiger partial charge in [0.25, 0.3) is 0 Å². The summed E-state index contributed by atoms with van der Waals surface area (Å²) in [6.07, 6.45) is 3.06. The van der Waals surface area contributed by atoms with E-state index in [-0.39, 0.29) is 0 Å². The standard InChI is InChI=1S/C14H11NO3/c16-14(17)11-4-1-5-12-10(11)7-6-9-3-2-8-15-13(9)18-12/h1-5,8H,6-7H2,(H,16,17). The van der Waals surface area contributed by atoms with Crippen molar-refractivity contribution < 1.29 is 14.6 Å². The van der Waals surface area contributed by atoms with Crippen LogP contribution in [-0.4, -0.2) is 16.1 Å². The number of aromatic nitrogens is 1. The summed E-state index contributed by atoms with van der Waals surface area (Å²) in [6.45, 7) is 0. The summed E-state index contributed by atoms with van der Waals surface area (Å²) in [7, 11) is 0. The van der Waals surface area contributed by atoms with Crippen LogP contribution in [0.5, 0.6) is 11.6 Å². The number of aryl methyl sites for hydroxylation is 1. The molecule has 0 atom stereocenters. The fourth-order valence-electron chi connectivity index (χ4n) is 2.19. The number of carboxylic acid groups (broad SMARTS) is 1. The normalized spacial score (nSPS) is 12.9. The molecule has 1 aliphatic rings. The second kappa shape index (κ2) is 4.14. The first-order valence-corrected chi connectivity index (χ1v) is 5.72. The van der Waals surface area contributed by atoms with E-state index < -0.39 is 5.97 Å². The van der Waals surface area contributed by atoms with Crippen LogP contribution in [0.1, 0.15) is 21.5 Å². The molecule has 90 valence electrons.